The highest BCUT2D eigenvalue weighted by Gasteiger charge is 2.37. The van der Waals surface area contributed by atoms with Crippen molar-refractivity contribution in [1.29, 1.82) is 0 Å². The van der Waals surface area contributed by atoms with E-state index in [9.17, 15) is 14.4 Å². The minimum Gasteiger partial charge on any atom is -0.490 e. The quantitative estimate of drug-likeness (QED) is 0.147. The van der Waals surface area contributed by atoms with Crippen LogP contribution in [0.25, 0.3) is 6.08 Å². The van der Waals surface area contributed by atoms with Gasteiger partial charge in [-0.1, -0.05) is 44.7 Å². The Bertz CT molecular complexity index is 1240. The Labute approximate surface area is 240 Å². The minimum absolute atomic E-state index is 0.230. The van der Waals surface area contributed by atoms with Crippen LogP contribution in [0, 0.1) is 0 Å². The summed E-state index contributed by atoms with van der Waals surface area (Å²) in [6.07, 6.45) is 6.36. The summed E-state index contributed by atoms with van der Waals surface area (Å²) in [5.41, 5.74) is 0.432. The van der Waals surface area contributed by atoms with Crippen molar-refractivity contribution in [2.24, 2.45) is 0 Å². The van der Waals surface area contributed by atoms with Crippen LogP contribution < -0.4 is 29.2 Å². The molecule has 0 atom stereocenters. The molecule has 3 rings (SSSR count). The number of hydrogen-bond donors (Lipinski definition) is 1. The largest absolute Gasteiger partial charge is 0.490 e. The first-order valence-electron chi connectivity index (χ1n) is 13.7. The topological polar surface area (TPSA) is 103 Å². The van der Waals surface area contributed by atoms with Crippen molar-refractivity contribution in [2.75, 3.05) is 31.3 Å². The number of benzene rings is 2. The first-order valence-corrected chi connectivity index (χ1v) is 14.1. The zero-order chi connectivity index (χ0) is 29.1. The highest BCUT2D eigenvalue weighted by atomic mass is 35.5. The fourth-order valence-corrected chi connectivity index (χ4v) is 4.35. The normalized spacial score (nSPS) is 14.4. The van der Waals surface area contributed by atoms with E-state index in [4.69, 9.17) is 30.5 Å². The van der Waals surface area contributed by atoms with Crippen LogP contribution in [0.2, 0.25) is 5.02 Å². The summed E-state index contributed by atoms with van der Waals surface area (Å²) in [6, 6.07) is 7.11. The van der Waals surface area contributed by atoms with Crippen molar-refractivity contribution in [3.8, 4) is 23.0 Å². The van der Waals surface area contributed by atoms with Crippen molar-refractivity contribution < 1.29 is 33.3 Å². The Hall–Kier alpha value is -3.72. The summed E-state index contributed by atoms with van der Waals surface area (Å²) in [7, 11) is 0. The van der Waals surface area contributed by atoms with E-state index < -0.39 is 17.8 Å². The molecular weight excluding hydrogens is 536 g/mol. The number of carbonyl (C=O) groups is 3. The maximum Gasteiger partial charge on any atom is 0.335 e. The van der Waals surface area contributed by atoms with Crippen LogP contribution in [0.15, 0.2) is 35.9 Å². The molecule has 2 aromatic carbocycles. The van der Waals surface area contributed by atoms with E-state index in [2.05, 4.69) is 12.2 Å². The van der Waals surface area contributed by atoms with Gasteiger partial charge >= 0.3 is 6.03 Å². The number of carbonyl (C=O) groups excluding carboxylic acids is 3. The number of hydrogen-bond acceptors (Lipinski definition) is 7. The van der Waals surface area contributed by atoms with Crippen molar-refractivity contribution in [3.63, 3.8) is 0 Å². The predicted octanol–water partition coefficient (Wildman–Crippen LogP) is 6.55. The third-order valence-electron chi connectivity index (χ3n) is 5.94. The Morgan fingerprint density at radius 2 is 1.55 bits per heavy atom. The minimum atomic E-state index is -0.864. The molecule has 0 radical (unpaired) electrons. The molecule has 1 N–H and O–H groups in total. The zero-order valence-corrected chi connectivity index (χ0v) is 24.3. The van der Waals surface area contributed by atoms with Crippen LogP contribution in [-0.4, -0.2) is 44.3 Å². The van der Waals surface area contributed by atoms with E-state index in [1.165, 1.54) is 12.1 Å². The molecule has 0 saturated carbocycles. The number of rotatable bonds is 15. The van der Waals surface area contributed by atoms with Crippen LogP contribution in [0.4, 0.5) is 10.5 Å². The molecular formula is C30H37ClN2O7. The van der Waals surface area contributed by atoms with Crippen LogP contribution in [-0.2, 0) is 9.59 Å². The molecule has 2 aromatic rings. The van der Waals surface area contributed by atoms with Gasteiger partial charge in [0.05, 0.1) is 37.1 Å². The number of imide groups is 2. The Balaban J connectivity index is 1.93. The SMILES string of the molecule is CCCCCCOc1c(Cl)cc(/C=C2\C(=O)NC(=O)N(c3ccc(OCCC)c(OCC)c3)C2=O)cc1OCC. The maximum atomic E-state index is 13.5. The lowest BCUT2D eigenvalue weighted by Gasteiger charge is -2.27. The molecule has 0 spiro atoms. The number of urea groups is 1. The summed E-state index contributed by atoms with van der Waals surface area (Å²) in [6.45, 7) is 9.47. The van der Waals surface area contributed by atoms with E-state index in [0.717, 1.165) is 37.0 Å². The third kappa shape index (κ3) is 7.69. The standard InChI is InChI=1S/C30H37ClN2O7/c1-5-9-10-11-15-40-27-23(31)17-20(18-26(27)38-8-4)16-22-28(34)32-30(36)33(29(22)35)21-12-13-24(39-14-6-2)25(19-21)37-7-3/h12-13,16-19H,5-11,14-15H2,1-4H3,(H,32,34,36)/b22-16+. The fourth-order valence-electron chi connectivity index (χ4n) is 4.07. The smallest absolute Gasteiger partial charge is 0.335 e. The molecule has 10 heteroatoms. The molecule has 1 aliphatic rings. The van der Waals surface area contributed by atoms with E-state index in [1.807, 2.05) is 20.8 Å². The van der Waals surface area contributed by atoms with Crippen LogP contribution in [0.5, 0.6) is 23.0 Å². The van der Waals surface area contributed by atoms with Gasteiger partial charge in [-0.05, 0) is 62.6 Å². The second kappa shape index (κ2) is 15.2. The number of ether oxygens (including phenoxy) is 4. The first kappa shape index (κ1) is 30.8. The Morgan fingerprint density at radius 1 is 0.800 bits per heavy atom. The first-order chi connectivity index (χ1) is 19.3. The lowest BCUT2D eigenvalue weighted by atomic mass is 10.1. The number of unbranched alkanes of at least 4 members (excludes halogenated alkanes) is 3. The van der Waals surface area contributed by atoms with Crippen LogP contribution >= 0.6 is 11.6 Å². The van der Waals surface area contributed by atoms with Gasteiger partial charge in [-0.25, -0.2) is 9.69 Å². The van der Waals surface area contributed by atoms with E-state index >= 15 is 0 Å². The summed E-state index contributed by atoms with van der Waals surface area (Å²) in [5.74, 6) is 0.0864. The van der Waals surface area contributed by atoms with Gasteiger partial charge in [0.25, 0.3) is 11.8 Å². The van der Waals surface area contributed by atoms with E-state index in [-0.39, 0.29) is 16.3 Å². The highest BCUT2D eigenvalue weighted by molar-refractivity contribution is 6.39. The fraction of sp³-hybridized carbons (Fsp3) is 0.433. The van der Waals surface area contributed by atoms with Crippen molar-refractivity contribution >= 4 is 41.2 Å². The second-order valence-electron chi connectivity index (χ2n) is 9.04. The van der Waals surface area contributed by atoms with E-state index in [0.29, 0.717) is 55.0 Å². The van der Waals surface area contributed by atoms with Crippen molar-refractivity contribution in [1.82, 2.24) is 5.32 Å². The van der Waals surface area contributed by atoms with Gasteiger partial charge in [-0.15, -0.1) is 0 Å². The third-order valence-corrected chi connectivity index (χ3v) is 6.22. The lowest BCUT2D eigenvalue weighted by Crippen LogP contribution is -2.54. The number of halogens is 1. The van der Waals surface area contributed by atoms with E-state index in [1.54, 1.807) is 24.3 Å². The van der Waals surface area contributed by atoms with Crippen LogP contribution in [0.3, 0.4) is 0 Å². The van der Waals surface area contributed by atoms with Gasteiger partial charge in [-0.2, -0.15) is 0 Å². The number of nitrogens with zero attached hydrogens (tertiary/aromatic N) is 1. The van der Waals surface area contributed by atoms with Crippen molar-refractivity contribution in [2.45, 2.75) is 59.8 Å². The molecule has 1 aliphatic heterocycles. The van der Waals surface area contributed by atoms with Gasteiger partial charge in [0.1, 0.15) is 5.57 Å². The molecule has 0 aromatic heterocycles. The molecule has 1 fully saturated rings. The predicted molar refractivity (Wildman–Crippen MR) is 155 cm³/mol. The average molecular weight is 573 g/mol. The summed E-state index contributed by atoms with van der Waals surface area (Å²) in [4.78, 5) is 39.9. The maximum absolute atomic E-state index is 13.5. The van der Waals surface area contributed by atoms with Gasteiger partial charge in [0.15, 0.2) is 23.0 Å². The molecule has 4 amide bonds. The molecule has 0 bridgehead atoms. The number of nitrogens with one attached hydrogen (secondary N) is 1. The summed E-state index contributed by atoms with van der Waals surface area (Å²) < 4.78 is 23.0. The molecule has 40 heavy (non-hydrogen) atoms. The zero-order valence-electron chi connectivity index (χ0n) is 23.5. The molecule has 0 aliphatic carbocycles. The van der Waals surface area contributed by atoms with Gasteiger partial charge in [0.2, 0.25) is 0 Å². The number of barbiturate groups is 1. The number of amides is 4. The molecule has 0 unspecified atom stereocenters. The highest BCUT2D eigenvalue weighted by Crippen LogP contribution is 2.38. The van der Waals surface area contributed by atoms with Crippen LogP contribution in [0.1, 0.15) is 65.4 Å². The monoisotopic (exact) mass is 572 g/mol. The molecule has 1 saturated heterocycles. The molecule has 9 nitrogen and oxygen atoms in total. The average Bonchev–Trinajstić information content (AvgIpc) is 2.92. The second-order valence-corrected chi connectivity index (χ2v) is 9.45. The van der Waals surface area contributed by atoms with Gasteiger partial charge in [-0.3, -0.25) is 14.9 Å². The number of anilines is 1. The van der Waals surface area contributed by atoms with Gasteiger partial charge in [0, 0.05) is 6.07 Å². The molecule has 216 valence electrons. The van der Waals surface area contributed by atoms with Gasteiger partial charge < -0.3 is 18.9 Å². The lowest BCUT2D eigenvalue weighted by molar-refractivity contribution is -0.122. The Morgan fingerprint density at radius 3 is 2.25 bits per heavy atom. The molecule has 1 heterocycles. The Kier molecular flexibility index (Phi) is 11.7. The summed E-state index contributed by atoms with van der Waals surface area (Å²) in [5, 5.41) is 2.52. The van der Waals surface area contributed by atoms with Crippen molar-refractivity contribution in [3.05, 3.63) is 46.5 Å². The summed E-state index contributed by atoms with van der Waals surface area (Å²) >= 11 is 6.54.